The molecular formula is C10H16N2O. The van der Waals surface area contributed by atoms with Crippen molar-refractivity contribution in [1.29, 1.82) is 0 Å². The topological polar surface area (TPSA) is 34.9 Å². The van der Waals surface area contributed by atoms with E-state index < -0.39 is 0 Å². The SMILES string of the molecule is Cn1ccc(C(=O)CC(C)(C)C)n1. The third-order valence-electron chi connectivity index (χ3n) is 1.69. The van der Waals surface area contributed by atoms with Crippen molar-refractivity contribution in [2.75, 3.05) is 0 Å². The van der Waals surface area contributed by atoms with Crippen LogP contribution >= 0.6 is 0 Å². The summed E-state index contributed by atoms with van der Waals surface area (Å²) in [5.74, 6) is 0.119. The average molecular weight is 180 g/mol. The lowest BCUT2D eigenvalue weighted by Crippen LogP contribution is -2.13. The number of carbonyl (C=O) groups excluding carboxylic acids is 1. The van der Waals surface area contributed by atoms with Gasteiger partial charge in [-0.2, -0.15) is 5.10 Å². The minimum Gasteiger partial charge on any atom is -0.292 e. The first kappa shape index (κ1) is 9.96. The lowest BCUT2D eigenvalue weighted by molar-refractivity contribution is 0.0934. The van der Waals surface area contributed by atoms with E-state index in [2.05, 4.69) is 5.10 Å². The summed E-state index contributed by atoms with van der Waals surface area (Å²) in [6.45, 7) is 6.15. The standard InChI is InChI=1S/C10H16N2O/c1-10(2,3)7-9(13)8-5-6-12(4)11-8/h5-6H,7H2,1-4H3. The number of ketones is 1. The zero-order valence-corrected chi connectivity index (χ0v) is 8.66. The molecule has 3 heteroatoms. The summed E-state index contributed by atoms with van der Waals surface area (Å²) < 4.78 is 1.65. The van der Waals surface area contributed by atoms with Crippen LogP contribution in [0.15, 0.2) is 12.3 Å². The minimum absolute atomic E-state index is 0.0363. The van der Waals surface area contributed by atoms with Gasteiger partial charge in [0.1, 0.15) is 5.69 Å². The Labute approximate surface area is 78.8 Å². The molecule has 0 atom stereocenters. The Morgan fingerprint density at radius 2 is 2.15 bits per heavy atom. The van der Waals surface area contributed by atoms with Gasteiger partial charge in [0, 0.05) is 19.7 Å². The molecule has 0 unspecified atom stereocenters. The highest BCUT2D eigenvalue weighted by Crippen LogP contribution is 2.20. The second-order valence-corrected chi connectivity index (χ2v) is 4.54. The van der Waals surface area contributed by atoms with E-state index >= 15 is 0 Å². The molecule has 0 aliphatic rings. The minimum atomic E-state index is 0.0363. The highest BCUT2D eigenvalue weighted by Gasteiger charge is 2.18. The molecule has 0 radical (unpaired) electrons. The van der Waals surface area contributed by atoms with Gasteiger partial charge in [-0.05, 0) is 11.5 Å². The van der Waals surface area contributed by atoms with Crippen LogP contribution in [0.4, 0.5) is 0 Å². The molecule has 1 aromatic heterocycles. The summed E-state index contributed by atoms with van der Waals surface area (Å²) in [7, 11) is 1.81. The molecule has 0 saturated carbocycles. The number of rotatable bonds is 2. The van der Waals surface area contributed by atoms with Crippen LogP contribution in [-0.2, 0) is 7.05 Å². The van der Waals surface area contributed by atoms with Gasteiger partial charge in [-0.3, -0.25) is 9.48 Å². The van der Waals surface area contributed by atoms with Crippen LogP contribution in [-0.4, -0.2) is 15.6 Å². The number of Topliss-reactive ketones (excluding diaryl/α,β-unsaturated/α-hetero) is 1. The van der Waals surface area contributed by atoms with E-state index in [1.165, 1.54) is 0 Å². The van der Waals surface area contributed by atoms with Crippen molar-refractivity contribution in [2.45, 2.75) is 27.2 Å². The van der Waals surface area contributed by atoms with Crippen molar-refractivity contribution in [3.63, 3.8) is 0 Å². The molecule has 0 aliphatic carbocycles. The van der Waals surface area contributed by atoms with E-state index in [0.29, 0.717) is 12.1 Å². The van der Waals surface area contributed by atoms with Crippen LogP contribution in [0.1, 0.15) is 37.7 Å². The largest absolute Gasteiger partial charge is 0.292 e. The first-order valence-corrected chi connectivity index (χ1v) is 4.41. The highest BCUT2D eigenvalue weighted by atomic mass is 16.1. The van der Waals surface area contributed by atoms with E-state index in [0.717, 1.165) is 0 Å². The van der Waals surface area contributed by atoms with E-state index in [1.54, 1.807) is 16.9 Å². The van der Waals surface area contributed by atoms with E-state index in [9.17, 15) is 4.79 Å². The highest BCUT2D eigenvalue weighted by molar-refractivity contribution is 5.94. The Balaban J connectivity index is 2.70. The summed E-state index contributed by atoms with van der Waals surface area (Å²) in [6, 6.07) is 1.76. The molecule has 3 nitrogen and oxygen atoms in total. The fourth-order valence-electron chi connectivity index (χ4n) is 1.14. The Kier molecular flexibility index (Phi) is 2.55. The summed E-state index contributed by atoms with van der Waals surface area (Å²) in [5.41, 5.74) is 0.603. The number of aryl methyl sites for hydroxylation is 1. The van der Waals surface area contributed by atoms with Gasteiger partial charge in [0.25, 0.3) is 0 Å². The molecule has 13 heavy (non-hydrogen) atoms. The number of nitrogens with zero attached hydrogens (tertiary/aromatic N) is 2. The van der Waals surface area contributed by atoms with Crippen LogP contribution in [0, 0.1) is 5.41 Å². The zero-order chi connectivity index (χ0) is 10.1. The zero-order valence-electron chi connectivity index (χ0n) is 8.66. The second kappa shape index (κ2) is 3.32. The Morgan fingerprint density at radius 3 is 2.54 bits per heavy atom. The van der Waals surface area contributed by atoms with E-state index in [1.807, 2.05) is 27.8 Å². The van der Waals surface area contributed by atoms with Gasteiger partial charge >= 0.3 is 0 Å². The first-order chi connectivity index (χ1) is 5.88. The molecule has 0 N–H and O–H groups in total. The van der Waals surface area contributed by atoms with Gasteiger partial charge < -0.3 is 0 Å². The van der Waals surface area contributed by atoms with Crippen LogP contribution in [0.25, 0.3) is 0 Å². The third-order valence-corrected chi connectivity index (χ3v) is 1.69. The molecule has 0 aliphatic heterocycles. The molecule has 0 spiro atoms. The first-order valence-electron chi connectivity index (χ1n) is 4.41. The van der Waals surface area contributed by atoms with Crippen LogP contribution in [0.3, 0.4) is 0 Å². The van der Waals surface area contributed by atoms with Gasteiger partial charge in [0.05, 0.1) is 0 Å². The fourth-order valence-corrected chi connectivity index (χ4v) is 1.14. The van der Waals surface area contributed by atoms with Crippen LogP contribution in [0.5, 0.6) is 0 Å². The average Bonchev–Trinajstić information content (AvgIpc) is 2.31. The summed E-state index contributed by atoms with van der Waals surface area (Å²) in [5, 5.41) is 4.06. The molecule has 0 fully saturated rings. The maximum Gasteiger partial charge on any atom is 0.183 e. The predicted molar refractivity (Wildman–Crippen MR) is 51.6 cm³/mol. The summed E-state index contributed by atoms with van der Waals surface area (Å²) in [4.78, 5) is 11.6. The number of hydrogen-bond donors (Lipinski definition) is 0. The van der Waals surface area contributed by atoms with Crippen molar-refractivity contribution < 1.29 is 4.79 Å². The maximum absolute atomic E-state index is 11.6. The molecule has 72 valence electrons. The quantitative estimate of drug-likeness (QED) is 0.653. The van der Waals surface area contributed by atoms with Crippen molar-refractivity contribution in [1.82, 2.24) is 9.78 Å². The Morgan fingerprint density at radius 1 is 1.54 bits per heavy atom. The lowest BCUT2D eigenvalue weighted by Gasteiger charge is -2.15. The molecule has 0 aromatic carbocycles. The number of carbonyl (C=O) groups is 1. The number of aromatic nitrogens is 2. The summed E-state index contributed by atoms with van der Waals surface area (Å²) in [6.07, 6.45) is 2.33. The Bertz CT molecular complexity index is 307. The maximum atomic E-state index is 11.6. The molecule has 0 bridgehead atoms. The van der Waals surface area contributed by atoms with Gasteiger partial charge in [-0.1, -0.05) is 20.8 Å². The third kappa shape index (κ3) is 3.01. The second-order valence-electron chi connectivity index (χ2n) is 4.54. The van der Waals surface area contributed by atoms with Gasteiger partial charge in [0.15, 0.2) is 5.78 Å². The number of hydrogen-bond acceptors (Lipinski definition) is 2. The van der Waals surface area contributed by atoms with Crippen LogP contribution < -0.4 is 0 Å². The van der Waals surface area contributed by atoms with Crippen molar-refractivity contribution in [2.24, 2.45) is 12.5 Å². The van der Waals surface area contributed by atoms with Crippen molar-refractivity contribution in [3.8, 4) is 0 Å². The molecule has 1 rings (SSSR count). The predicted octanol–water partition coefficient (Wildman–Crippen LogP) is 2.04. The monoisotopic (exact) mass is 180 g/mol. The molecule has 0 amide bonds. The Hall–Kier alpha value is -1.12. The van der Waals surface area contributed by atoms with E-state index in [4.69, 9.17) is 0 Å². The smallest absolute Gasteiger partial charge is 0.183 e. The van der Waals surface area contributed by atoms with Gasteiger partial charge in [0.2, 0.25) is 0 Å². The normalized spacial score (nSPS) is 11.7. The van der Waals surface area contributed by atoms with Crippen molar-refractivity contribution >= 4 is 5.78 Å². The lowest BCUT2D eigenvalue weighted by atomic mass is 9.89. The van der Waals surface area contributed by atoms with E-state index in [-0.39, 0.29) is 11.2 Å². The summed E-state index contributed by atoms with van der Waals surface area (Å²) >= 11 is 0. The molecule has 1 heterocycles. The fraction of sp³-hybridized carbons (Fsp3) is 0.600. The van der Waals surface area contributed by atoms with Gasteiger partial charge in [-0.25, -0.2) is 0 Å². The molecule has 1 aromatic rings. The van der Waals surface area contributed by atoms with Crippen LogP contribution in [0.2, 0.25) is 0 Å². The molecule has 0 saturated heterocycles. The van der Waals surface area contributed by atoms with Gasteiger partial charge in [-0.15, -0.1) is 0 Å². The van der Waals surface area contributed by atoms with Crippen molar-refractivity contribution in [3.05, 3.63) is 18.0 Å². The molecular weight excluding hydrogens is 164 g/mol.